The minimum Gasteiger partial charge on any atom is -0.442 e. The number of allylic oxidation sites excluding steroid dienone is 2. The van der Waals surface area contributed by atoms with Gasteiger partial charge in [-0.2, -0.15) is 8.42 Å². The minimum atomic E-state index is -3.40. The Morgan fingerprint density at radius 3 is 2.74 bits per heavy atom. The summed E-state index contributed by atoms with van der Waals surface area (Å²) < 4.78 is 32.0. The first-order chi connectivity index (χ1) is 8.83. The lowest BCUT2D eigenvalue weighted by atomic mass is 10.2. The van der Waals surface area contributed by atoms with Crippen molar-refractivity contribution in [1.82, 2.24) is 4.98 Å². The Labute approximate surface area is 114 Å². The molecule has 6 heteroatoms. The van der Waals surface area contributed by atoms with E-state index in [4.69, 9.17) is 8.60 Å². The maximum Gasteiger partial charge on any atom is 0.264 e. The van der Waals surface area contributed by atoms with Crippen LogP contribution < -0.4 is 0 Å². The topological polar surface area (TPSA) is 69.4 Å². The van der Waals surface area contributed by atoms with E-state index >= 15 is 0 Å². The number of hydrogen-bond donors (Lipinski definition) is 0. The molecule has 1 rings (SSSR count). The average molecular weight is 287 g/mol. The van der Waals surface area contributed by atoms with Gasteiger partial charge in [0.1, 0.15) is 5.76 Å². The Hall–Kier alpha value is -1.14. The zero-order valence-electron chi connectivity index (χ0n) is 11.9. The number of hydrogen-bond acceptors (Lipinski definition) is 5. The first kappa shape index (κ1) is 15.9. The number of oxazole rings is 1. The quantitative estimate of drug-likeness (QED) is 0.721. The van der Waals surface area contributed by atoms with E-state index < -0.39 is 10.1 Å². The van der Waals surface area contributed by atoms with Crippen LogP contribution in [-0.2, 0) is 20.7 Å². The Kier molecular flexibility index (Phi) is 5.75. The lowest BCUT2D eigenvalue weighted by Crippen LogP contribution is -2.06. The van der Waals surface area contributed by atoms with Crippen molar-refractivity contribution in [2.75, 3.05) is 12.9 Å². The molecule has 0 saturated heterocycles. The van der Waals surface area contributed by atoms with Crippen LogP contribution in [0.3, 0.4) is 0 Å². The molecule has 0 unspecified atom stereocenters. The van der Waals surface area contributed by atoms with Crippen LogP contribution in [0, 0.1) is 6.92 Å². The number of aromatic nitrogens is 1. The largest absolute Gasteiger partial charge is 0.442 e. The molecule has 1 aromatic heterocycles. The monoisotopic (exact) mass is 287 g/mol. The molecule has 0 aliphatic heterocycles. The highest BCUT2D eigenvalue weighted by Crippen LogP contribution is 2.18. The van der Waals surface area contributed by atoms with Gasteiger partial charge in [0.15, 0.2) is 0 Å². The normalized spacial score (nSPS) is 12.9. The highest BCUT2D eigenvalue weighted by Gasteiger charge is 2.11. The van der Waals surface area contributed by atoms with Crippen molar-refractivity contribution in [3.63, 3.8) is 0 Å². The zero-order chi connectivity index (χ0) is 14.5. The van der Waals surface area contributed by atoms with Gasteiger partial charge in [-0.15, -0.1) is 0 Å². The Morgan fingerprint density at radius 1 is 1.47 bits per heavy atom. The molecule has 0 aliphatic carbocycles. The predicted molar refractivity (Wildman–Crippen MR) is 74.3 cm³/mol. The van der Waals surface area contributed by atoms with E-state index in [1.165, 1.54) is 0 Å². The molecule has 0 bridgehead atoms. The maximum absolute atomic E-state index is 10.9. The van der Waals surface area contributed by atoms with E-state index in [2.05, 4.69) is 18.0 Å². The smallest absolute Gasteiger partial charge is 0.264 e. The van der Waals surface area contributed by atoms with E-state index in [0.29, 0.717) is 18.1 Å². The predicted octanol–water partition coefficient (Wildman–Crippen LogP) is 2.71. The second-order valence-electron chi connectivity index (χ2n) is 4.47. The van der Waals surface area contributed by atoms with Crippen LogP contribution >= 0.6 is 0 Å². The van der Waals surface area contributed by atoms with E-state index in [1.54, 1.807) is 0 Å². The highest BCUT2D eigenvalue weighted by atomic mass is 32.2. The summed E-state index contributed by atoms with van der Waals surface area (Å²) in [5.41, 5.74) is 1.74. The third kappa shape index (κ3) is 5.57. The molecule has 0 aliphatic rings. The molecule has 1 aromatic rings. The van der Waals surface area contributed by atoms with Gasteiger partial charge in [-0.05, 0) is 20.3 Å². The zero-order valence-corrected chi connectivity index (χ0v) is 12.7. The van der Waals surface area contributed by atoms with Gasteiger partial charge in [0.05, 0.1) is 18.6 Å². The summed E-state index contributed by atoms with van der Waals surface area (Å²) in [4.78, 5) is 4.37. The summed E-state index contributed by atoms with van der Waals surface area (Å²) in [6.07, 6.45) is 5.60. The fourth-order valence-corrected chi connectivity index (χ4v) is 1.95. The highest BCUT2D eigenvalue weighted by molar-refractivity contribution is 7.85. The number of unbranched alkanes of at least 4 members (excludes halogenated alkanes) is 1. The molecule has 108 valence electrons. The molecule has 19 heavy (non-hydrogen) atoms. The van der Waals surface area contributed by atoms with Gasteiger partial charge >= 0.3 is 0 Å². The van der Waals surface area contributed by atoms with Crippen LogP contribution in [-0.4, -0.2) is 26.3 Å². The summed E-state index contributed by atoms with van der Waals surface area (Å²) in [5, 5.41) is 0. The number of nitrogens with zero attached hydrogens (tertiary/aromatic N) is 1. The molecule has 5 nitrogen and oxygen atoms in total. The summed E-state index contributed by atoms with van der Waals surface area (Å²) in [5.74, 6) is 1.30. The van der Waals surface area contributed by atoms with Crippen molar-refractivity contribution >= 4 is 15.7 Å². The average Bonchev–Trinajstić information content (AvgIpc) is 2.66. The molecule has 0 amide bonds. The molecule has 1 heterocycles. The van der Waals surface area contributed by atoms with Crippen LogP contribution in [0.2, 0.25) is 0 Å². The standard InChI is InChI=1S/C13H21NO4S/c1-5-6-7-10(2)13-14-12(11(3)18-13)8-9-17-19(4,15)16/h7H,5-6,8-9H2,1-4H3/b10-7+. The van der Waals surface area contributed by atoms with Gasteiger partial charge in [0.2, 0.25) is 5.89 Å². The molecule has 0 saturated carbocycles. The fourth-order valence-electron chi connectivity index (χ4n) is 1.57. The van der Waals surface area contributed by atoms with Gasteiger partial charge in [-0.3, -0.25) is 4.18 Å². The lowest BCUT2D eigenvalue weighted by Gasteiger charge is -1.98. The minimum absolute atomic E-state index is 0.0867. The molecule has 0 fully saturated rings. The molecule has 0 radical (unpaired) electrons. The molecular formula is C13H21NO4S. The Balaban J connectivity index is 2.69. The van der Waals surface area contributed by atoms with Crippen molar-refractivity contribution in [3.05, 3.63) is 23.4 Å². The SMILES string of the molecule is CCC/C=C(\C)c1nc(CCOS(C)(=O)=O)c(C)o1. The molecule has 0 aromatic carbocycles. The first-order valence-corrected chi connectivity index (χ1v) is 8.13. The van der Waals surface area contributed by atoms with Gasteiger partial charge in [-0.25, -0.2) is 4.98 Å². The third-order valence-electron chi connectivity index (χ3n) is 2.61. The van der Waals surface area contributed by atoms with Gasteiger partial charge in [-0.1, -0.05) is 19.4 Å². The number of aryl methyl sites for hydroxylation is 1. The van der Waals surface area contributed by atoms with E-state index in [0.717, 1.165) is 30.4 Å². The number of rotatable bonds is 7. The van der Waals surface area contributed by atoms with Crippen molar-refractivity contribution in [1.29, 1.82) is 0 Å². The first-order valence-electron chi connectivity index (χ1n) is 6.31. The van der Waals surface area contributed by atoms with Gasteiger partial charge < -0.3 is 4.42 Å². The van der Waals surface area contributed by atoms with E-state index in [1.807, 2.05) is 13.8 Å². The second kappa shape index (κ2) is 6.86. The van der Waals surface area contributed by atoms with Crippen molar-refractivity contribution < 1.29 is 17.0 Å². The van der Waals surface area contributed by atoms with Crippen molar-refractivity contribution in [2.24, 2.45) is 0 Å². The summed E-state index contributed by atoms with van der Waals surface area (Å²) in [6.45, 7) is 5.97. The van der Waals surface area contributed by atoms with Crippen LogP contribution in [0.5, 0.6) is 0 Å². The van der Waals surface area contributed by atoms with Crippen LogP contribution in [0.25, 0.3) is 5.57 Å². The summed E-state index contributed by atoms with van der Waals surface area (Å²) >= 11 is 0. The lowest BCUT2D eigenvalue weighted by molar-refractivity contribution is 0.324. The fraction of sp³-hybridized carbons (Fsp3) is 0.615. The molecule has 0 spiro atoms. The van der Waals surface area contributed by atoms with Gasteiger partial charge in [0, 0.05) is 12.0 Å². The Bertz CT molecular complexity index is 543. The Morgan fingerprint density at radius 2 is 2.16 bits per heavy atom. The van der Waals surface area contributed by atoms with Crippen LogP contribution in [0.1, 0.15) is 44.0 Å². The summed E-state index contributed by atoms with van der Waals surface area (Å²) in [6, 6.07) is 0. The molecular weight excluding hydrogens is 266 g/mol. The van der Waals surface area contributed by atoms with Crippen LogP contribution in [0.4, 0.5) is 0 Å². The second-order valence-corrected chi connectivity index (χ2v) is 6.12. The van der Waals surface area contributed by atoms with Crippen molar-refractivity contribution in [2.45, 2.75) is 40.0 Å². The van der Waals surface area contributed by atoms with Gasteiger partial charge in [0.25, 0.3) is 10.1 Å². The molecule has 0 N–H and O–H groups in total. The third-order valence-corrected chi connectivity index (χ3v) is 3.20. The molecule has 0 atom stereocenters. The van der Waals surface area contributed by atoms with E-state index in [9.17, 15) is 8.42 Å². The maximum atomic E-state index is 10.9. The van der Waals surface area contributed by atoms with Crippen molar-refractivity contribution in [3.8, 4) is 0 Å². The van der Waals surface area contributed by atoms with E-state index in [-0.39, 0.29) is 6.61 Å². The van der Waals surface area contributed by atoms with Crippen LogP contribution in [0.15, 0.2) is 10.5 Å². The summed E-state index contributed by atoms with van der Waals surface area (Å²) in [7, 11) is -3.40.